The Bertz CT molecular complexity index is 37.1. The fourth-order valence-corrected chi connectivity index (χ4v) is 0.816. The van der Waals surface area contributed by atoms with Crippen molar-refractivity contribution >= 4 is 0 Å². The third kappa shape index (κ3) is 32.4. The van der Waals surface area contributed by atoms with Crippen LogP contribution in [0.4, 0.5) is 0 Å². The van der Waals surface area contributed by atoms with E-state index in [4.69, 9.17) is 0 Å². The Kier molecular flexibility index (Phi) is 34.1. The Morgan fingerprint density at radius 2 is 1.00 bits per heavy atom. The predicted octanol–water partition coefficient (Wildman–Crippen LogP) is 4.80. The van der Waals surface area contributed by atoms with Crippen molar-refractivity contribution in [2.45, 2.75) is 66.2 Å². The smallest absolute Gasteiger partial charge is 0.329 e. The molecule has 0 aliphatic carbocycles. The molecule has 0 aromatic heterocycles. The monoisotopic (exact) mass is 218 g/mol. The van der Waals surface area contributed by atoms with Crippen LogP contribution in [0, 0.1) is 12.8 Å². The maximum absolute atomic E-state index is 2.31. The predicted molar refractivity (Wildman–Crippen MR) is 59.0 cm³/mol. The summed E-state index contributed by atoms with van der Waals surface area (Å²) in [6.07, 6.45) is 12.2. The second-order valence-corrected chi connectivity index (χ2v) is 2.97. The van der Waals surface area contributed by atoms with Crippen LogP contribution in [0.3, 0.4) is 0 Å². The van der Waals surface area contributed by atoms with Gasteiger partial charge in [0.1, 0.15) is 0 Å². The molecule has 0 aromatic carbocycles. The Morgan fingerprint density at radius 3 is 1.08 bits per heavy atom. The first kappa shape index (κ1) is 19.3. The molecule has 0 heterocycles. The Hall–Kier alpha value is 0.714. The third-order valence-electron chi connectivity index (χ3n) is 1.56. The van der Waals surface area contributed by atoms with Gasteiger partial charge >= 0.3 is 21.7 Å². The van der Waals surface area contributed by atoms with Gasteiger partial charge in [0, 0.05) is 0 Å². The number of hydrogen-bond acceptors (Lipinski definition) is 0. The van der Waals surface area contributed by atoms with Crippen molar-refractivity contribution in [3.8, 4) is 0 Å². The summed E-state index contributed by atoms with van der Waals surface area (Å²) >= 11 is 0. The molecule has 0 atom stereocenters. The molecular weight excluding hydrogens is 192 g/mol. The van der Waals surface area contributed by atoms with Crippen LogP contribution in [0.2, 0.25) is 0 Å². The van der Waals surface area contributed by atoms with E-state index in [-0.39, 0.29) is 21.7 Å². The average molecular weight is 218 g/mol. The largest absolute Gasteiger partial charge is 2.00 e. The van der Waals surface area contributed by atoms with Crippen LogP contribution in [0.15, 0.2) is 0 Å². The van der Waals surface area contributed by atoms with Gasteiger partial charge in [0.25, 0.3) is 0 Å². The summed E-state index contributed by atoms with van der Waals surface area (Å²) in [4.78, 5) is 0. The second-order valence-electron chi connectivity index (χ2n) is 2.97. The molecule has 1 heteroatoms. The number of hydrogen-bond donors (Lipinski definition) is 0. The molecule has 0 unspecified atom stereocenters. The Morgan fingerprint density at radius 1 is 0.692 bits per heavy atom. The summed E-state index contributed by atoms with van der Waals surface area (Å²) in [7, 11) is 0. The van der Waals surface area contributed by atoms with E-state index in [0.29, 0.717) is 0 Å². The topological polar surface area (TPSA) is 0 Å². The van der Waals surface area contributed by atoms with Gasteiger partial charge < -0.3 is 12.8 Å². The molecule has 0 rings (SSSR count). The number of unbranched alkanes of at least 4 members (excludes halogenated alkanes) is 6. The summed E-state index contributed by atoms with van der Waals surface area (Å²) in [5.74, 6) is 0. The van der Waals surface area contributed by atoms with Crippen LogP contribution in [0.25, 0.3) is 0 Å². The minimum absolute atomic E-state index is 0. The van der Waals surface area contributed by atoms with Crippen molar-refractivity contribution < 1.29 is 21.7 Å². The quantitative estimate of drug-likeness (QED) is 0.341. The van der Waals surface area contributed by atoms with E-state index < -0.39 is 0 Å². The molecule has 0 bridgehead atoms. The summed E-state index contributed by atoms with van der Waals surface area (Å²) in [5, 5.41) is 0. The van der Waals surface area contributed by atoms with E-state index in [1.807, 2.05) is 0 Å². The molecule has 0 amide bonds. The molecule has 0 spiro atoms. The van der Waals surface area contributed by atoms with Gasteiger partial charge in [0.15, 0.2) is 0 Å². The molecule has 0 aliphatic rings. The van der Waals surface area contributed by atoms with Crippen LogP contribution in [-0.4, -0.2) is 0 Å². The molecule has 0 aliphatic heterocycles. The SMILES string of the molecule is CC[CH-]CCC.CC[CH-]CCC.[Ti+2]. The molecule has 0 saturated heterocycles. The van der Waals surface area contributed by atoms with Crippen LogP contribution in [0.1, 0.15) is 66.2 Å². The molecule has 0 fully saturated rings. The van der Waals surface area contributed by atoms with Crippen molar-refractivity contribution in [1.29, 1.82) is 0 Å². The zero-order chi connectivity index (χ0) is 9.66. The molecule has 0 N–H and O–H groups in total. The maximum atomic E-state index is 2.31. The minimum Gasteiger partial charge on any atom is -0.329 e. The first-order chi connectivity index (χ1) is 5.83. The fraction of sp³-hybridized carbons (Fsp3) is 0.833. The first-order valence-electron chi connectivity index (χ1n) is 5.46. The second kappa shape index (κ2) is 23.0. The summed E-state index contributed by atoms with van der Waals surface area (Å²) in [6, 6.07) is 0. The van der Waals surface area contributed by atoms with Gasteiger partial charge in [-0.05, 0) is 0 Å². The Balaban J connectivity index is -0.000000143. The summed E-state index contributed by atoms with van der Waals surface area (Å²) in [5.41, 5.74) is 0. The summed E-state index contributed by atoms with van der Waals surface area (Å²) < 4.78 is 0. The van der Waals surface area contributed by atoms with E-state index >= 15 is 0 Å². The van der Waals surface area contributed by atoms with Gasteiger partial charge in [-0.25, -0.2) is 0 Å². The summed E-state index contributed by atoms with van der Waals surface area (Å²) in [6.45, 7) is 8.75. The molecule has 0 aromatic rings. The van der Waals surface area contributed by atoms with Crippen LogP contribution in [0.5, 0.6) is 0 Å². The standard InChI is InChI=1S/2C6H13.Ti/c2*1-3-5-6-4-2;/h2*5H,3-4,6H2,1-2H3;/q2*-1;+2. The van der Waals surface area contributed by atoms with E-state index in [9.17, 15) is 0 Å². The molecule has 0 saturated carbocycles. The van der Waals surface area contributed by atoms with E-state index in [0.717, 1.165) is 0 Å². The van der Waals surface area contributed by atoms with E-state index in [2.05, 4.69) is 40.5 Å². The molecule has 78 valence electrons. The molecule has 0 radical (unpaired) electrons. The van der Waals surface area contributed by atoms with Gasteiger partial charge in [0.2, 0.25) is 0 Å². The Labute approximate surface area is 101 Å². The van der Waals surface area contributed by atoms with Gasteiger partial charge in [0.05, 0.1) is 0 Å². The van der Waals surface area contributed by atoms with E-state index in [1.54, 1.807) is 0 Å². The minimum atomic E-state index is 0. The van der Waals surface area contributed by atoms with Gasteiger partial charge in [-0.15, -0.1) is 0 Å². The molecule has 13 heavy (non-hydrogen) atoms. The van der Waals surface area contributed by atoms with Gasteiger partial charge in [-0.1, -0.05) is 40.5 Å². The zero-order valence-corrected chi connectivity index (χ0v) is 11.5. The van der Waals surface area contributed by atoms with Crippen LogP contribution in [-0.2, 0) is 21.7 Å². The third-order valence-corrected chi connectivity index (χ3v) is 1.56. The van der Waals surface area contributed by atoms with Crippen molar-refractivity contribution in [3.63, 3.8) is 0 Å². The maximum Gasteiger partial charge on any atom is 2.00 e. The first-order valence-corrected chi connectivity index (χ1v) is 5.46. The average Bonchev–Trinajstić information content (AvgIpc) is 2.12. The normalized spacial score (nSPS) is 8.31. The molecular formula is C12H26Ti. The van der Waals surface area contributed by atoms with Crippen molar-refractivity contribution in [3.05, 3.63) is 12.8 Å². The van der Waals surface area contributed by atoms with Gasteiger partial charge in [-0.3, -0.25) is 0 Å². The molecule has 0 nitrogen and oxygen atoms in total. The fourth-order valence-electron chi connectivity index (χ4n) is 0.816. The zero-order valence-electron chi connectivity index (χ0n) is 9.90. The van der Waals surface area contributed by atoms with Gasteiger partial charge in [-0.2, -0.15) is 25.7 Å². The van der Waals surface area contributed by atoms with Crippen molar-refractivity contribution in [2.75, 3.05) is 0 Å². The van der Waals surface area contributed by atoms with Crippen molar-refractivity contribution in [2.24, 2.45) is 0 Å². The number of rotatable bonds is 6. The van der Waals surface area contributed by atoms with Crippen LogP contribution < -0.4 is 0 Å². The van der Waals surface area contributed by atoms with Crippen LogP contribution >= 0.6 is 0 Å². The van der Waals surface area contributed by atoms with E-state index in [1.165, 1.54) is 38.5 Å². The van der Waals surface area contributed by atoms with Crippen molar-refractivity contribution in [1.82, 2.24) is 0 Å².